The van der Waals surface area contributed by atoms with Crippen LogP contribution in [0.4, 0.5) is 19.6 Å². The average molecular weight is 300 g/mol. The summed E-state index contributed by atoms with van der Waals surface area (Å²) in [6, 6.07) is 5.01. The number of rotatable bonds is 4. The number of nitro groups is 1. The molecule has 104 valence electrons. The number of nitro benzene ring substituents is 1. The zero-order valence-electron chi connectivity index (χ0n) is 9.62. The van der Waals surface area contributed by atoms with Gasteiger partial charge in [-0.15, -0.1) is 10.2 Å². The van der Waals surface area contributed by atoms with E-state index in [1.54, 1.807) is 0 Å². The van der Waals surface area contributed by atoms with Crippen LogP contribution in [0.25, 0.3) is 0 Å². The van der Waals surface area contributed by atoms with Gasteiger partial charge in [0, 0.05) is 17.7 Å². The number of benzene rings is 1. The Kier molecular flexibility index (Phi) is 3.94. The predicted octanol–water partition coefficient (Wildman–Crippen LogP) is 2.64. The molecule has 0 saturated heterocycles. The molecule has 2 aromatic rings. The normalized spacial score (nSPS) is 10.6. The van der Waals surface area contributed by atoms with Crippen molar-refractivity contribution < 1.29 is 18.5 Å². The van der Waals surface area contributed by atoms with Crippen LogP contribution in [0.3, 0.4) is 0 Å². The zero-order valence-corrected chi connectivity index (χ0v) is 10.4. The first-order valence-electron chi connectivity index (χ1n) is 5.14. The molecule has 1 amide bonds. The summed E-state index contributed by atoms with van der Waals surface area (Å²) in [4.78, 5) is 21.7. The van der Waals surface area contributed by atoms with E-state index in [1.165, 1.54) is 18.2 Å². The second kappa shape index (κ2) is 5.65. The fourth-order valence-electron chi connectivity index (χ4n) is 1.30. The van der Waals surface area contributed by atoms with Crippen molar-refractivity contribution in [1.82, 2.24) is 10.2 Å². The molecule has 20 heavy (non-hydrogen) atoms. The molecule has 0 saturated carbocycles. The van der Waals surface area contributed by atoms with Crippen molar-refractivity contribution in [2.75, 3.05) is 5.32 Å². The van der Waals surface area contributed by atoms with Gasteiger partial charge in [-0.1, -0.05) is 17.4 Å². The van der Waals surface area contributed by atoms with Gasteiger partial charge in [0.15, 0.2) is 5.01 Å². The Hall–Kier alpha value is -2.49. The molecule has 1 aromatic heterocycles. The fraction of sp³-hybridized carbons (Fsp3) is 0.100. The number of carbonyl (C=O) groups is 1. The van der Waals surface area contributed by atoms with Gasteiger partial charge < -0.3 is 0 Å². The van der Waals surface area contributed by atoms with E-state index < -0.39 is 22.3 Å². The zero-order chi connectivity index (χ0) is 14.7. The second-order valence-electron chi connectivity index (χ2n) is 3.51. The third-order valence-corrected chi connectivity index (χ3v) is 3.01. The molecule has 0 atom stereocenters. The monoisotopic (exact) mass is 300 g/mol. The molecule has 0 unspecified atom stereocenters. The van der Waals surface area contributed by atoms with E-state index in [4.69, 9.17) is 0 Å². The quantitative estimate of drug-likeness (QED) is 0.691. The maximum absolute atomic E-state index is 12.3. The number of halogens is 2. The van der Waals surface area contributed by atoms with Crippen LogP contribution in [0.2, 0.25) is 0 Å². The number of hydrogen-bond acceptors (Lipinski definition) is 6. The van der Waals surface area contributed by atoms with Gasteiger partial charge >= 0.3 is 0 Å². The standard InChI is InChI=1S/C10H6F2N4O3S/c11-7(12)9-14-15-10(20-9)13-8(17)5-2-1-3-6(4-5)16(18)19/h1-4,7H,(H,13,15,17). The van der Waals surface area contributed by atoms with Gasteiger partial charge in [-0.2, -0.15) is 0 Å². The number of nitrogens with one attached hydrogen (secondary N) is 1. The van der Waals surface area contributed by atoms with Crippen LogP contribution in [0, 0.1) is 10.1 Å². The van der Waals surface area contributed by atoms with Gasteiger partial charge in [-0.3, -0.25) is 20.2 Å². The Morgan fingerprint density at radius 3 is 2.75 bits per heavy atom. The van der Waals surface area contributed by atoms with Crippen molar-refractivity contribution in [3.05, 3.63) is 45.0 Å². The molecule has 0 spiro atoms. The lowest BCUT2D eigenvalue weighted by Crippen LogP contribution is -2.11. The Bertz CT molecular complexity index is 661. The number of nitrogens with zero attached hydrogens (tertiary/aromatic N) is 3. The maximum atomic E-state index is 12.3. The number of aromatic nitrogens is 2. The Morgan fingerprint density at radius 2 is 2.15 bits per heavy atom. The topological polar surface area (TPSA) is 98.0 Å². The van der Waals surface area contributed by atoms with Crippen LogP contribution in [-0.2, 0) is 0 Å². The molecular weight excluding hydrogens is 294 g/mol. The summed E-state index contributed by atoms with van der Waals surface area (Å²) in [5, 5.41) is 18.8. The van der Waals surface area contributed by atoms with Crippen molar-refractivity contribution in [3.63, 3.8) is 0 Å². The van der Waals surface area contributed by atoms with Crippen molar-refractivity contribution in [1.29, 1.82) is 0 Å². The van der Waals surface area contributed by atoms with Crippen molar-refractivity contribution in [3.8, 4) is 0 Å². The van der Waals surface area contributed by atoms with Crippen LogP contribution in [-0.4, -0.2) is 21.0 Å². The summed E-state index contributed by atoms with van der Waals surface area (Å²) in [7, 11) is 0. The summed E-state index contributed by atoms with van der Waals surface area (Å²) >= 11 is 0.536. The van der Waals surface area contributed by atoms with E-state index >= 15 is 0 Å². The molecule has 1 heterocycles. The summed E-state index contributed by atoms with van der Waals surface area (Å²) in [5.41, 5.74) is -0.226. The minimum absolute atomic E-state index is 0.0213. The average Bonchev–Trinajstić information content (AvgIpc) is 2.87. The molecule has 1 N–H and O–H groups in total. The molecule has 0 bridgehead atoms. The van der Waals surface area contributed by atoms with Crippen molar-refractivity contribution in [2.45, 2.75) is 6.43 Å². The van der Waals surface area contributed by atoms with Crippen LogP contribution < -0.4 is 5.32 Å². The third kappa shape index (κ3) is 3.09. The van der Waals surface area contributed by atoms with Gasteiger partial charge in [0.25, 0.3) is 18.0 Å². The molecular formula is C10H6F2N4O3S. The highest BCUT2D eigenvalue weighted by atomic mass is 32.1. The first-order chi connectivity index (χ1) is 9.47. The first kappa shape index (κ1) is 13.9. The lowest BCUT2D eigenvalue weighted by Gasteiger charge is -2.00. The predicted molar refractivity (Wildman–Crippen MR) is 65.9 cm³/mol. The number of non-ortho nitro benzene ring substituents is 1. The minimum atomic E-state index is -2.77. The fourth-order valence-corrected chi connectivity index (χ4v) is 1.90. The van der Waals surface area contributed by atoms with Crippen molar-refractivity contribution >= 4 is 28.1 Å². The van der Waals surface area contributed by atoms with Crippen LogP contribution in [0.1, 0.15) is 21.8 Å². The van der Waals surface area contributed by atoms with E-state index in [-0.39, 0.29) is 16.4 Å². The molecule has 0 fully saturated rings. The van der Waals surface area contributed by atoms with Crippen molar-refractivity contribution in [2.24, 2.45) is 0 Å². The largest absolute Gasteiger partial charge is 0.296 e. The summed E-state index contributed by atoms with van der Waals surface area (Å²) in [5.74, 6) is -0.689. The highest BCUT2D eigenvalue weighted by Crippen LogP contribution is 2.25. The Balaban J connectivity index is 2.15. The van der Waals surface area contributed by atoms with Crippen LogP contribution in [0.5, 0.6) is 0 Å². The lowest BCUT2D eigenvalue weighted by molar-refractivity contribution is -0.384. The second-order valence-corrected chi connectivity index (χ2v) is 4.52. The van der Waals surface area contributed by atoms with E-state index in [2.05, 4.69) is 15.5 Å². The number of anilines is 1. The van der Waals surface area contributed by atoms with Gasteiger partial charge in [-0.25, -0.2) is 8.78 Å². The van der Waals surface area contributed by atoms with Gasteiger partial charge in [0.2, 0.25) is 5.13 Å². The van der Waals surface area contributed by atoms with Gasteiger partial charge in [0.1, 0.15) is 0 Å². The maximum Gasteiger partial charge on any atom is 0.291 e. The number of amides is 1. The minimum Gasteiger partial charge on any atom is -0.296 e. The molecule has 1 aromatic carbocycles. The summed E-state index contributed by atoms with van der Waals surface area (Å²) in [6.45, 7) is 0. The highest BCUT2D eigenvalue weighted by Gasteiger charge is 2.17. The Labute approximate surface area is 114 Å². The van der Waals surface area contributed by atoms with Gasteiger partial charge in [0.05, 0.1) is 4.92 Å². The van der Waals surface area contributed by atoms with Crippen LogP contribution in [0.15, 0.2) is 24.3 Å². The Morgan fingerprint density at radius 1 is 1.40 bits per heavy atom. The lowest BCUT2D eigenvalue weighted by atomic mass is 10.2. The SMILES string of the molecule is O=C(Nc1nnc(C(F)F)s1)c1cccc([N+](=O)[O-])c1. The highest BCUT2D eigenvalue weighted by molar-refractivity contribution is 7.15. The number of hydrogen-bond donors (Lipinski definition) is 1. The molecule has 2 rings (SSSR count). The molecule has 0 radical (unpaired) electrons. The molecule has 0 aliphatic heterocycles. The molecule has 0 aliphatic carbocycles. The first-order valence-corrected chi connectivity index (χ1v) is 5.96. The van der Waals surface area contributed by atoms with E-state index in [1.807, 2.05) is 0 Å². The van der Waals surface area contributed by atoms with Gasteiger partial charge in [-0.05, 0) is 6.07 Å². The molecule has 7 nitrogen and oxygen atoms in total. The molecule has 0 aliphatic rings. The van der Waals surface area contributed by atoms with E-state index in [9.17, 15) is 23.7 Å². The smallest absolute Gasteiger partial charge is 0.291 e. The molecule has 10 heteroatoms. The number of alkyl halides is 2. The third-order valence-electron chi connectivity index (χ3n) is 2.17. The summed E-state index contributed by atoms with van der Waals surface area (Å²) in [6.07, 6.45) is -2.77. The van der Waals surface area contributed by atoms with E-state index in [0.29, 0.717) is 11.3 Å². The summed E-state index contributed by atoms with van der Waals surface area (Å²) < 4.78 is 24.6. The van der Waals surface area contributed by atoms with Crippen LogP contribution >= 0.6 is 11.3 Å². The van der Waals surface area contributed by atoms with E-state index in [0.717, 1.165) is 6.07 Å². The number of carbonyl (C=O) groups excluding carboxylic acids is 1.